The second kappa shape index (κ2) is 9.67. The van der Waals surface area contributed by atoms with Gasteiger partial charge >= 0.3 is 12.1 Å². The molecule has 0 bridgehead atoms. The number of rotatable bonds is 6. The second-order valence-electron chi connectivity index (χ2n) is 8.43. The van der Waals surface area contributed by atoms with Crippen molar-refractivity contribution in [2.75, 3.05) is 5.32 Å². The third-order valence-corrected chi connectivity index (χ3v) is 7.03. The summed E-state index contributed by atoms with van der Waals surface area (Å²) >= 11 is 1.34. The van der Waals surface area contributed by atoms with Gasteiger partial charge in [0.25, 0.3) is 0 Å². The Morgan fingerprint density at radius 2 is 1.91 bits per heavy atom. The number of anilines is 2. The first-order valence-electron chi connectivity index (χ1n) is 10.8. The first kappa shape index (κ1) is 24.1. The zero-order valence-electron chi connectivity index (χ0n) is 18.2. The largest absolute Gasteiger partial charge is 0.481 e. The van der Waals surface area contributed by atoms with Crippen LogP contribution in [0.4, 0.5) is 24.8 Å². The molecule has 3 aromatic rings. The molecule has 1 aliphatic carbocycles. The van der Waals surface area contributed by atoms with Gasteiger partial charge in [-0.05, 0) is 67.9 Å². The number of nitrogens with zero attached hydrogens (tertiary/aromatic N) is 3. The summed E-state index contributed by atoms with van der Waals surface area (Å²) < 4.78 is 38.8. The van der Waals surface area contributed by atoms with Gasteiger partial charge in [-0.3, -0.25) is 4.79 Å². The summed E-state index contributed by atoms with van der Waals surface area (Å²) in [6.45, 7) is 1.86. The number of halogens is 3. The average Bonchev–Trinajstić information content (AvgIpc) is 3.28. The normalized spacial score (nSPS) is 19.6. The van der Waals surface area contributed by atoms with E-state index in [0.29, 0.717) is 36.4 Å². The van der Waals surface area contributed by atoms with Crippen molar-refractivity contribution in [1.29, 1.82) is 0 Å². The van der Waals surface area contributed by atoms with E-state index in [1.54, 1.807) is 18.3 Å². The summed E-state index contributed by atoms with van der Waals surface area (Å²) in [4.78, 5) is 23.8. The lowest BCUT2D eigenvalue weighted by atomic mass is 9.79. The number of hydrogen-bond acceptors (Lipinski definition) is 7. The van der Waals surface area contributed by atoms with Gasteiger partial charge in [0.05, 0.1) is 10.8 Å². The summed E-state index contributed by atoms with van der Waals surface area (Å²) in [5.41, 5.74) is 1.16. The van der Waals surface area contributed by atoms with Gasteiger partial charge in [0, 0.05) is 18.1 Å². The lowest BCUT2D eigenvalue weighted by molar-refractivity contribution is -0.143. The molecule has 0 radical (unpaired) electrons. The van der Waals surface area contributed by atoms with Crippen LogP contribution in [0.3, 0.4) is 0 Å². The van der Waals surface area contributed by atoms with E-state index in [-0.39, 0.29) is 17.8 Å². The second-order valence-corrected chi connectivity index (χ2v) is 9.50. The van der Waals surface area contributed by atoms with Crippen LogP contribution >= 0.6 is 11.3 Å². The van der Waals surface area contributed by atoms with Crippen LogP contribution in [0.1, 0.15) is 48.1 Å². The Kier molecular flexibility index (Phi) is 6.85. The fraction of sp³-hybridized carbons (Fsp3) is 0.391. The van der Waals surface area contributed by atoms with Gasteiger partial charge in [0.2, 0.25) is 5.95 Å². The molecule has 0 spiro atoms. The lowest BCUT2D eigenvalue weighted by Crippen LogP contribution is -2.24. The Balaban J connectivity index is 1.50. The molecule has 0 saturated heterocycles. The van der Waals surface area contributed by atoms with E-state index in [2.05, 4.69) is 20.3 Å². The predicted octanol–water partition coefficient (Wildman–Crippen LogP) is 5.60. The predicted molar refractivity (Wildman–Crippen MR) is 121 cm³/mol. The third kappa shape index (κ3) is 5.53. The minimum absolute atomic E-state index is 0.0394. The number of alkyl halides is 3. The number of aliphatic carboxylic acids is 1. The molecule has 0 aliphatic heterocycles. The van der Waals surface area contributed by atoms with Gasteiger partial charge in [-0.1, -0.05) is 6.07 Å². The Labute approximate surface area is 197 Å². The summed E-state index contributed by atoms with van der Waals surface area (Å²) in [5, 5.41) is 23.4. The fourth-order valence-electron chi connectivity index (χ4n) is 4.14. The molecule has 2 aromatic heterocycles. The van der Waals surface area contributed by atoms with Gasteiger partial charge in [-0.25, -0.2) is 15.0 Å². The highest BCUT2D eigenvalue weighted by Gasteiger charge is 2.33. The molecule has 1 aromatic carbocycles. The van der Waals surface area contributed by atoms with E-state index in [4.69, 9.17) is 5.11 Å². The molecule has 7 nitrogen and oxygen atoms in total. The van der Waals surface area contributed by atoms with Crippen molar-refractivity contribution in [1.82, 2.24) is 15.0 Å². The maximum absolute atomic E-state index is 12.9. The number of aryl methyl sites for hydroxylation is 1. The Hall–Kier alpha value is -3.05. The van der Waals surface area contributed by atoms with Crippen molar-refractivity contribution in [3.8, 4) is 10.4 Å². The van der Waals surface area contributed by atoms with Crippen molar-refractivity contribution in [2.45, 2.75) is 44.9 Å². The van der Waals surface area contributed by atoms with Gasteiger partial charge < -0.3 is 15.5 Å². The SMILES string of the molecule is Cc1cc(Nc2nccc(C(F)(F)F)n2)cc(-c2cnc(C(O)[C@H]3CC[C@@H](C(=O)O)CC3)s2)c1. The maximum atomic E-state index is 12.9. The van der Waals surface area contributed by atoms with Crippen molar-refractivity contribution in [3.05, 3.63) is 52.9 Å². The molecule has 180 valence electrons. The number of nitrogens with one attached hydrogen (secondary N) is 1. The summed E-state index contributed by atoms with van der Waals surface area (Å²) in [5.74, 6) is -1.34. The van der Waals surface area contributed by atoms with Gasteiger partial charge in [-0.2, -0.15) is 13.2 Å². The summed E-state index contributed by atoms with van der Waals surface area (Å²) in [6, 6.07) is 6.26. The van der Waals surface area contributed by atoms with Crippen LogP contribution in [0.15, 0.2) is 36.7 Å². The van der Waals surface area contributed by atoms with Crippen LogP contribution in [0.2, 0.25) is 0 Å². The molecule has 11 heteroatoms. The fourth-order valence-corrected chi connectivity index (χ4v) is 5.13. The first-order valence-corrected chi connectivity index (χ1v) is 11.6. The van der Waals surface area contributed by atoms with E-state index in [0.717, 1.165) is 28.3 Å². The lowest BCUT2D eigenvalue weighted by Gasteiger charge is -2.28. The van der Waals surface area contributed by atoms with E-state index in [1.165, 1.54) is 11.3 Å². The number of aliphatic hydroxyl groups excluding tert-OH is 1. The van der Waals surface area contributed by atoms with Crippen LogP contribution in [0, 0.1) is 18.8 Å². The van der Waals surface area contributed by atoms with Crippen molar-refractivity contribution in [2.24, 2.45) is 11.8 Å². The zero-order chi connectivity index (χ0) is 24.5. The average molecular weight is 493 g/mol. The number of benzene rings is 1. The molecule has 3 N–H and O–H groups in total. The van der Waals surface area contributed by atoms with Crippen LogP contribution in [0.25, 0.3) is 10.4 Å². The molecular formula is C23H23F3N4O3S. The number of aliphatic hydroxyl groups is 1. The molecule has 1 saturated carbocycles. The van der Waals surface area contributed by atoms with E-state index < -0.39 is 23.9 Å². The van der Waals surface area contributed by atoms with E-state index in [1.807, 2.05) is 13.0 Å². The molecule has 34 heavy (non-hydrogen) atoms. The van der Waals surface area contributed by atoms with Crippen molar-refractivity contribution >= 4 is 28.9 Å². The van der Waals surface area contributed by atoms with Gasteiger partial charge in [-0.15, -0.1) is 11.3 Å². The smallest absolute Gasteiger partial charge is 0.433 e. The standard InChI is InChI=1S/C23H23F3N4O3S/c1-12-8-15(10-16(9-12)29-22-27-7-6-18(30-22)23(24,25)26)17-11-28-20(34-17)19(31)13-2-4-14(5-3-13)21(32)33/h6-11,13-14,19,31H,2-5H2,1H3,(H,32,33)(H,27,29,30)/t13-,14+,19?. The Bertz CT molecular complexity index is 1180. The Morgan fingerprint density at radius 3 is 2.59 bits per heavy atom. The highest BCUT2D eigenvalue weighted by molar-refractivity contribution is 7.15. The molecule has 2 heterocycles. The molecule has 1 unspecified atom stereocenters. The van der Waals surface area contributed by atoms with E-state index in [9.17, 15) is 23.1 Å². The molecule has 4 rings (SSSR count). The number of hydrogen-bond donors (Lipinski definition) is 3. The summed E-state index contributed by atoms with van der Waals surface area (Å²) in [7, 11) is 0. The third-order valence-electron chi connectivity index (χ3n) is 5.91. The van der Waals surface area contributed by atoms with Crippen LogP contribution in [-0.2, 0) is 11.0 Å². The number of carboxylic acid groups (broad SMARTS) is 1. The van der Waals surface area contributed by atoms with Crippen LogP contribution in [0.5, 0.6) is 0 Å². The quantitative estimate of drug-likeness (QED) is 0.411. The van der Waals surface area contributed by atoms with Gasteiger partial charge in [0.1, 0.15) is 16.8 Å². The van der Waals surface area contributed by atoms with Crippen LogP contribution < -0.4 is 5.32 Å². The highest BCUT2D eigenvalue weighted by atomic mass is 32.1. The minimum Gasteiger partial charge on any atom is -0.481 e. The van der Waals surface area contributed by atoms with Crippen molar-refractivity contribution < 1.29 is 28.2 Å². The maximum Gasteiger partial charge on any atom is 0.433 e. The first-order chi connectivity index (χ1) is 16.1. The van der Waals surface area contributed by atoms with E-state index >= 15 is 0 Å². The minimum atomic E-state index is -4.57. The zero-order valence-corrected chi connectivity index (χ0v) is 19.0. The molecular weight excluding hydrogens is 469 g/mol. The number of carboxylic acids is 1. The molecule has 0 amide bonds. The van der Waals surface area contributed by atoms with Crippen LogP contribution in [-0.4, -0.2) is 31.1 Å². The molecule has 1 atom stereocenters. The van der Waals surface area contributed by atoms with Crippen molar-refractivity contribution in [3.63, 3.8) is 0 Å². The topological polar surface area (TPSA) is 108 Å². The highest BCUT2D eigenvalue weighted by Crippen LogP contribution is 2.40. The number of carbonyl (C=O) groups is 1. The monoisotopic (exact) mass is 492 g/mol. The van der Waals surface area contributed by atoms with Gasteiger partial charge in [0.15, 0.2) is 0 Å². The summed E-state index contributed by atoms with van der Waals surface area (Å²) in [6.07, 6.45) is -0.287. The Morgan fingerprint density at radius 1 is 1.18 bits per heavy atom. The molecule has 1 fully saturated rings. The number of thiazole rings is 1. The molecule has 1 aliphatic rings. The number of aromatic nitrogens is 3.